The molecule has 2 atom stereocenters. The molecule has 1 saturated carbocycles. The fraction of sp³-hybridized carbons (Fsp3) is 0.636. The van der Waals surface area contributed by atoms with Crippen LogP contribution in [0.25, 0.3) is 0 Å². The fourth-order valence-corrected chi connectivity index (χ4v) is 4.23. The lowest BCUT2D eigenvalue weighted by molar-refractivity contribution is -0.130. The molecule has 1 aliphatic carbocycles. The van der Waals surface area contributed by atoms with Gasteiger partial charge in [0.15, 0.2) is 0 Å². The van der Waals surface area contributed by atoms with Gasteiger partial charge in [-0.25, -0.2) is 0 Å². The van der Waals surface area contributed by atoms with Crippen LogP contribution in [-0.4, -0.2) is 42.4 Å². The molecule has 2 unspecified atom stereocenters. The van der Waals surface area contributed by atoms with Crippen molar-refractivity contribution < 1.29 is 9.59 Å². The smallest absolute Gasteiger partial charge is 0.242 e. The minimum atomic E-state index is -0.490. The molecule has 1 aliphatic heterocycles. The van der Waals surface area contributed by atoms with Gasteiger partial charge in [0.25, 0.3) is 0 Å². The Hall–Kier alpha value is -1.88. The lowest BCUT2D eigenvalue weighted by Crippen LogP contribution is -2.48. The van der Waals surface area contributed by atoms with Crippen LogP contribution in [-0.2, 0) is 9.59 Å². The van der Waals surface area contributed by atoms with E-state index in [1.54, 1.807) is 6.92 Å². The van der Waals surface area contributed by atoms with Crippen molar-refractivity contribution in [3.8, 4) is 0 Å². The molecule has 0 aromatic heterocycles. The number of benzene rings is 1. The Bertz CT molecular complexity index is 631. The van der Waals surface area contributed by atoms with Crippen LogP contribution in [0.5, 0.6) is 0 Å². The first-order valence-corrected chi connectivity index (χ1v) is 10.4. The van der Waals surface area contributed by atoms with Gasteiger partial charge in [-0.3, -0.25) is 14.5 Å². The highest BCUT2D eigenvalue weighted by Gasteiger charge is 2.27. The molecule has 5 nitrogen and oxygen atoms in total. The van der Waals surface area contributed by atoms with Crippen LogP contribution in [0.3, 0.4) is 0 Å². The summed E-state index contributed by atoms with van der Waals surface area (Å²) in [5, 5.41) is 5.97. The van der Waals surface area contributed by atoms with E-state index in [1.807, 2.05) is 0 Å². The topological polar surface area (TPSA) is 61.4 Å². The molecule has 1 aromatic rings. The van der Waals surface area contributed by atoms with Gasteiger partial charge in [0.05, 0.1) is 6.04 Å². The van der Waals surface area contributed by atoms with E-state index in [0.717, 1.165) is 38.8 Å². The molecule has 2 N–H and O–H groups in total. The van der Waals surface area contributed by atoms with E-state index in [4.69, 9.17) is 0 Å². The van der Waals surface area contributed by atoms with E-state index in [0.29, 0.717) is 6.54 Å². The number of hydrogen-bond donors (Lipinski definition) is 2. The van der Waals surface area contributed by atoms with Crippen molar-refractivity contribution in [2.45, 2.75) is 64.5 Å². The lowest BCUT2D eigenvalue weighted by Gasteiger charge is -2.29. The maximum Gasteiger partial charge on any atom is 0.242 e. The Labute approximate surface area is 162 Å². The van der Waals surface area contributed by atoms with Gasteiger partial charge < -0.3 is 10.6 Å². The predicted octanol–water partition coefficient (Wildman–Crippen LogP) is 2.94. The number of amides is 2. The van der Waals surface area contributed by atoms with Gasteiger partial charge >= 0.3 is 0 Å². The van der Waals surface area contributed by atoms with Crippen LogP contribution < -0.4 is 10.6 Å². The van der Waals surface area contributed by atoms with Gasteiger partial charge in [-0.15, -0.1) is 0 Å². The second kappa shape index (κ2) is 9.36. The van der Waals surface area contributed by atoms with Crippen molar-refractivity contribution in [1.29, 1.82) is 0 Å². The summed E-state index contributed by atoms with van der Waals surface area (Å²) < 4.78 is 0. The molecule has 27 heavy (non-hydrogen) atoms. The molecule has 2 aliphatic rings. The molecule has 148 valence electrons. The summed E-state index contributed by atoms with van der Waals surface area (Å²) in [4.78, 5) is 27.3. The lowest BCUT2D eigenvalue weighted by atomic mass is 10.0. The van der Waals surface area contributed by atoms with E-state index in [-0.39, 0.29) is 23.8 Å². The van der Waals surface area contributed by atoms with E-state index in [1.165, 1.54) is 24.0 Å². The van der Waals surface area contributed by atoms with Gasteiger partial charge in [0.2, 0.25) is 11.8 Å². The third-order valence-electron chi connectivity index (χ3n) is 5.99. The number of likely N-dealkylation sites (tertiary alicyclic amines) is 1. The Kier molecular flexibility index (Phi) is 6.89. The molecule has 1 aromatic carbocycles. The second-order valence-electron chi connectivity index (χ2n) is 8.13. The van der Waals surface area contributed by atoms with Gasteiger partial charge in [0, 0.05) is 12.5 Å². The Balaban J connectivity index is 1.56. The first-order chi connectivity index (χ1) is 13.0. The van der Waals surface area contributed by atoms with Crippen LogP contribution in [0.1, 0.15) is 62.6 Å². The van der Waals surface area contributed by atoms with E-state index < -0.39 is 6.04 Å². The molecule has 1 heterocycles. The summed E-state index contributed by atoms with van der Waals surface area (Å²) in [5.74, 6) is 0.0209. The van der Waals surface area contributed by atoms with Crippen molar-refractivity contribution in [2.75, 3.05) is 19.6 Å². The van der Waals surface area contributed by atoms with Crippen molar-refractivity contribution in [3.63, 3.8) is 0 Å². The third-order valence-corrected chi connectivity index (χ3v) is 5.99. The Morgan fingerprint density at radius 2 is 1.70 bits per heavy atom. The monoisotopic (exact) mass is 371 g/mol. The number of hydrogen-bond acceptors (Lipinski definition) is 3. The van der Waals surface area contributed by atoms with E-state index in [2.05, 4.69) is 46.7 Å². The summed E-state index contributed by atoms with van der Waals surface area (Å²) in [5.41, 5.74) is 2.48. The van der Waals surface area contributed by atoms with Crippen LogP contribution in [0.2, 0.25) is 0 Å². The summed E-state index contributed by atoms with van der Waals surface area (Å²) >= 11 is 0. The number of rotatable bonds is 7. The number of nitrogens with zero attached hydrogens (tertiary/aromatic N) is 1. The first kappa shape index (κ1) is 19.9. The highest BCUT2D eigenvalue weighted by Crippen LogP contribution is 2.26. The molecule has 5 heteroatoms. The van der Waals surface area contributed by atoms with Crippen LogP contribution in [0.4, 0.5) is 0 Å². The number of carbonyl (C=O) groups is 2. The molecular formula is C22H33N3O2. The number of carbonyl (C=O) groups excluding carboxylic acids is 2. The standard InChI is InChI=1S/C22H33N3O2/c1-16-9-11-18(12-10-16)20(25-13-5-6-14-25)15-23-21(26)17(2)24-22(27)19-7-3-4-8-19/h9-12,17,19-20H,3-8,13-15H2,1-2H3,(H,23,26)(H,24,27). The summed E-state index contributed by atoms with van der Waals surface area (Å²) in [6.45, 7) is 6.58. The Morgan fingerprint density at radius 1 is 1.07 bits per heavy atom. The minimum absolute atomic E-state index is 0.0322. The van der Waals surface area contributed by atoms with Crippen LogP contribution in [0, 0.1) is 12.8 Å². The third kappa shape index (κ3) is 5.32. The predicted molar refractivity (Wildman–Crippen MR) is 107 cm³/mol. The van der Waals surface area contributed by atoms with Crippen LogP contribution in [0.15, 0.2) is 24.3 Å². The fourth-order valence-electron chi connectivity index (χ4n) is 4.23. The normalized spacial score (nSPS) is 20.4. The highest BCUT2D eigenvalue weighted by molar-refractivity contribution is 5.88. The zero-order valence-electron chi connectivity index (χ0n) is 16.7. The highest BCUT2D eigenvalue weighted by atomic mass is 16.2. The molecule has 3 rings (SSSR count). The van der Waals surface area contributed by atoms with Crippen molar-refractivity contribution in [2.24, 2.45) is 5.92 Å². The largest absolute Gasteiger partial charge is 0.352 e. The number of aryl methyl sites for hydroxylation is 1. The summed E-state index contributed by atoms with van der Waals surface area (Å²) in [6.07, 6.45) is 6.56. The quantitative estimate of drug-likeness (QED) is 0.775. The van der Waals surface area contributed by atoms with Gasteiger partial charge in [-0.1, -0.05) is 42.7 Å². The maximum absolute atomic E-state index is 12.6. The van der Waals surface area contributed by atoms with Gasteiger partial charge in [-0.05, 0) is 58.2 Å². The SMILES string of the molecule is Cc1ccc(C(CNC(=O)C(C)NC(=O)C2CCCC2)N2CCCC2)cc1. The summed E-state index contributed by atoms with van der Waals surface area (Å²) in [7, 11) is 0. The van der Waals surface area contributed by atoms with Crippen molar-refractivity contribution >= 4 is 11.8 Å². The van der Waals surface area contributed by atoms with E-state index in [9.17, 15) is 9.59 Å². The van der Waals surface area contributed by atoms with Gasteiger partial charge in [0.1, 0.15) is 6.04 Å². The molecule has 0 radical (unpaired) electrons. The first-order valence-electron chi connectivity index (χ1n) is 10.4. The molecule has 0 bridgehead atoms. The van der Waals surface area contributed by atoms with Crippen molar-refractivity contribution in [1.82, 2.24) is 15.5 Å². The molecule has 0 spiro atoms. The molecule has 2 fully saturated rings. The molecule has 1 saturated heterocycles. The van der Waals surface area contributed by atoms with Gasteiger partial charge in [-0.2, -0.15) is 0 Å². The van der Waals surface area contributed by atoms with Crippen molar-refractivity contribution in [3.05, 3.63) is 35.4 Å². The average molecular weight is 372 g/mol. The summed E-state index contributed by atoms with van der Waals surface area (Å²) in [6, 6.07) is 8.28. The second-order valence-corrected chi connectivity index (χ2v) is 8.13. The maximum atomic E-state index is 12.6. The average Bonchev–Trinajstić information content (AvgIpc) is 3.37. The molecule has 2 amide bonds. The minimum Gasteiger partial charge on any atom is -0.352 e. The Morgan fingerprint density at radius 3 is 2.33 bits per heavy atom. The molecular weight excluding hydrogens is 338 g/mol. The zero-order valence-corrected chi connectivity index (χ0v) is 16.7. The van der Waals surface area contributed by atoms with Crippen LogP contribution >= 0.6 is 0 Å². The zero-order chi connectivity index (χ0) is 19.2. The number of nitrogens with one attached hydrogen (secondary N) is 2. The van der Waals surface area contributed by atoms with E-state index >= 15 is 0 Å².